The zero-order valence-corrected chi connectivity index (χ0v) is 12.2. The van der Waals surface area contributed by atoms with Gasteiger partial charge in [-0.25, -0.2) is 4.79 Å². The lowest BCUT2D eigenvalue weighted by Gasteiger charge is -2.26. The minimum atomic E-state index is -0.987. The first-order chi connectivity index (χ1) is 9.45. The first-order valence-corrected chi connectivity index (χ1v) is 6.77. The molecule has 108 valence electrons. The molecule has 20 heavy (non-hydrogen) atoms. The molecule has 0 aromatic heterocycles. The summed E-state index contributed by atoms with van der Waals surface area (Å²) in [6.45, 7) is 6.77. The van der Waals surface area contributed by atoms with Crippen molar-refractivity contribution in [1.29, 1.82) is 0 Å². The Labute approximate surface area is 119 Å². The Morgan fingerprint density at radius 1 is 1.25 bits per heavy atom. The number of carboxylic acid groups (broad SMARTS) is 1. The minimum Gasteiger partial charge on any atom is -0.478 e. The molecule has 4 heteroatoms. The van der Waals surface area contributed by atoms with Gasteiger partial charge in [0.25, 0.3) is 5.91 Å². The fraction of sp³-hybridized carbons (Fsp3) is 0.375. The third-order valence-corrected chi connectivity index (χ3v) is 2.92. The number of amides is 1. The molecule has 0 atom stereocenters. The maximum atomic E-state index is 12.4. The summed E-state index contributed by atoms with van der Waals surface area (Å²) >= 11 is 0. The van der Waals surface area contributed by atoms with Gasteiger partial charge in [-0.2, -0.15) is 0 Å². The van der Waals surface area contributed by atoms with Gasteiger partial charge in [0.15, 0.2) is 0 Å². The van der Waals surface area contributed by atoms with Gasteiger partial charge in [-0.1, -0.05) is 19.1 Å². The molecule has 1 rings (SSSR count). The quantitative estimate of drug-likeness (QED) is 0.812. The summed E-state index contributed by atoms with van der Waals surface area (Å²) in [4.78, 5) is 24.6. The largest absolute Gasteiger partial charge is 0.478 e. The van der Waals surface area contributed by atoms with E-state index in [0.717, 1.165) is 24.6 Å². The van der Waals surface area contributed by atoms with E-state index in [1.54, 1.807) is 24.3 Å². The molecule has 4 nitrogen and oxygen atoms in total. The monoisotopic (exact) mass is 275 g/mol. The zero-order valence-electron chi connectivity index (χ0n) is 12.2. The van der Waals surface area contributed by atoms with Crippen LogP contribution in [0, 0.1) is 0 Å². The second kappa shape index (κ2) is 7.48. The Balaban J connectivity index is 2.86. The van der Waals surface area contributed by atoms with Crippen molar-refractivity contribution >= 4 is 18.0 Å². The standard InChI is InChI=1S/C16H21NO3/c1-4-11-17(12(2)3)16(20)14-8-5-13(6-9-14)7-10-15(18)19/h5-10,12H,4,11H2,1-3H3,(H,18,19). The second-order valence-corrected chi connectivity index (χ2v) is 4.89. The van der Waals surface area contributed by atoms with Crippen LogP contribution in [0.3, 0.4) is 0 Å². The lowest BCUT2D eigenvalue weighted by Crippen LogP contribution is -2.37. The molecule has 0 aliphatic rings. The predicted octanol–water partition coefficient (Wildman–Crippen LogP) is 3.05. The number of hydrogen-bond donors (Lipinski definition) is 1. The van der Waals surface area contributed by atoms with Crippen molar-refractivity contribution in [2.45, 2.75) is 33.2 Å². The molecule has 1 amide bonds. The molecule has 0 bridgehead atoms. The van der Waals surface area contributed by atoms with Crippen molar-refractivity contribution in [3.8, 4) is 0 Å². The van der Waals surface area contributed by atoms with Crippen molar-refractivity contribution in [2.24, 2.45) is 0 Å². The maximum absolute atomic E-state index is 12.4. The van der Waals surface area contributed by atoms with Gasteiger partial charge in [0.2, 0.25) is 0 Å². The van der Waals surface area contributed by atoms with Crippen LogP contribution >= 0.6 is 0 Å². The van der Waals surface area contributed by atoms with Gasteiger partial charge in [0.1, 0.15) is 0 Å². The molecule has 0 saturated heterocycles. The molecule has 0 fully saturated rings. The molecule has 0 saturated carbocycles. The van der Waals surface area contributed by atoms with E-state index in [9.17, 15) is 9.59 Å². The van der Waals surface area contributed by atoms with Gasteiger partial charge in [0.05, 0.1) is 0 Å². The number of carboxylic acids is 1. The van der Waals surface area contributed by atoms with E-state index in [1.807, 2.05) is 25.7 Å². The van der Waals surface area contributed by atoms with Crippen molar-refractivity contribution in [3.63, 3.8) is 0 Å². The topological polar surface area (TPSA) is 57.6 Å². The van der Waals surface area contributed by atoms with Crippen molar-refractivity contribution in [2.75, 3.05) is 6.54 Å². The van der Waals surface area contributed by atoms with Crippen molar-refractivity contribution in [3.05, 3.63) is 41.5 Å². The van der Waals surface area contributed by atoms with E-state index < -0.39 is 5.97 Å². The summed E-state index contributed by atoms with van der Waals surface area (Å²) in [5, 5.41) is 8.56. The summed E-state index contributed by atoms with van der Waals surface area (Å²) in [5.41, 5.74) is 1.38. The zero-order chi connectivity index (χ0) is 15.1. The molecule has 0 aliphatic heterocycles. The third kappa shape index (κ3) is 4.53. The number of nitrogens with zero attached hydrogens (tertiary/aromatic N) is 1. The normalized spacial score (nSPS) is 11.0. The number of rotatable bonds is 6. The highest BCUT2D eigenvalue weighted by atomic mass is 16.4. The minimum absolute atomic E-state index is 0.00983. The van der Waals surface area contributed by atoms with Crippen LogP contribution in [-0.4, -0.2) is 34.5 Å². The van der Waals surface area contributed by atoms with E-state index in [4.69, 9.17) is 5.11 Å². The fourth-order valence-electron chi connectivity index (χ4n) is 1.91. The Hall–Kier alpha value is -2.10. The molecule has 1 N–H and O–H groups in total. The average molecular weight is 275 g/mol. The second-order valence-electron chi connectivity index (χ2n) is 4.89. The summed E-state index contributed by atoms with van der Waals surface area (Å²) < 4.78 is 0. The molecule has 0 spiro atoms. The Morgan fingerprint density at radius 2 is 1.85 bits per heavy atom. The van der Waals surface area contributed by atoms with Gasteiger partial charge in [-0.3, -0.25) is 4.79 Å². The molecule has 0 heterocycles. The molecule has 0 unspecified atom stereocenters. The van der Waals surface area contributed by atoms with Crippen LogP contribution in [0.5, 0.6) is 0 Å². The lowest BCUT2D eigenvalue weighted by atomic mass is 10.1. The van der Waals surface area contributed by atoms with E-state index >= 15 is 0 Å². The van der Waals surface area contributed by atoms with E-state index in [0.29, 0.717) is 5.56 Å². The third-order valence-electron chi connectivity index (χ3n) is 2.92. The molecule has 1 aromatic rings. The number of benzene rings is 1. The highest BCUT2D eigenvalue weighted by Gasteiger charge is 2.17. The van der Waals surface area contributed by atoms with Crippen LogP contribution in [0.25, 0.3) is 6.08 Å². The van der Waals surface area contributed by atoms with Gasteiger partial charge in [0, 0.05) is 24.2 Å². The van der Waals surface area contributed by atoms with E-state index in [1.165, 1.54) is 6.08 Å². The first kappa shape index (κ1) is 16.0. The van der Waals surface area contributed by atoms with E-state index in [2.05, 4.69) is 0 Å². The van der Waals surface area contributed by atoms with Gasteiger partial charge >= 0.3 is 5.97 Å². The van der Waals surface area contributed by atoms with Gasteiger partial charge in [-0.15, -0.1) is 0 Å². The predicted molar refractivity (Wildman–Crippen MR) is 79.6 cm³/mol. The van der Waals surface area contributed by atoms with Gasteiger partial charge in [-0.05, 0) is 44.0 Å². The van der Waals surface area contributed by atoms with Gasteiger partial charge < -0.3 is 10.0 Å². The smallest absolute Gasteiger partial charge is 0.328 e. The maximum Gasteiger partial charge on any atom is 0.328 e. The number of carbonyl (C=O) groups excluding carboxylic acids is 1. The van der Waals surface area contributed by atoms with Crippen LogP contribution < -0.4 is 0 Å². The number of hydrogen-bond acceptors (Lipinski definition) is 2. The molecule has 0 aliphatic carbocycles. The van der Waals surface area contributed by atoms with Crippen LogP contribution in [0.1, 0.15) is 43.1 Å². The Morgan fingerprint density at radius 3 is 2.30 bits per heavy atom. The van der Waals surface area contributed by atoms with Crippen LogP contribution in [-0.2, 0) is 4.79 Å². The fourth-order valence-corrected chi connectivity index (χ4v) is 1.91. The average Bonchev–Trinajstić information content (AvgIpc) is 2.42. The molecular formula is C16H21NO3. The van der Waals surface area contributed by atoms with Crippen molar-refractivity contribution in [1.82, 2.24) is 4.90 Å². The number of carbonyl (C=O) groups is 2. The molecule has 0 radical (unpaired) electrons. The first-order valence-electron chi connectivity index (χ1n) is 6.77. The van der Waals surface area contributed by atoms with Crippen LogP contribution in [0.2, 0.25) is 0 Å². The highest BCUT2D eigenvalue weighted by Crippen LogP contribution is 2.11. The highest BCUT2D eigenvalue weighted by molar-refractivity contribution is 5.94. The summed E-state index contributed by atoms with van der Waals surface area (Å²) in [6, 6.07) is 7.12. The van der Waals surface area contributed by atoms with Crippen molar-refractivity contribution < 1.29 is 14.7 Å². The SMILES string of the molecule is CCCN(C(=O)c1ccc(C=CC(=O)O)cc1)C(C)C. The number of aliphatic carboxylic acids is 1. The molecular weight excluding hydrogens is 254 g/mol. The van der Waals surface area contributed by atoms with E-state index in [-0.39, 0.29) is 11.9 Å². The lowest BCUT2D eigenvalue weighted by molar-refractivity contribution is -0.131. The Bertz CT molecular complexity index is 489. The molecule has 1 aromatic carbocycles. The Kier molecular flexibility index (Phi) is 5.97. The summed E-state index contributed by atoms with van der Waals surface area (Å²) in [7, 11) is 0. The van der Waals surface area contributed by atoms with Crippen LogP contribution in [0.4, 0.5) is 0 Å². The summed E-state index contributed by atoms with van der Waals surface area (Å²) in [6.07, 6.45) is 3.50. The summed E-state index contributed by atoms with van der Waals surface area (Å²) in [5.74, 6) is -0.977. The van der Waals surface area contributed by atoms with Crippen LogP contribution in [0.15, 0.2) is 30.3 Å².